The lowest BCUT2D eigenvalue weighted by Gasteiger charge is -2.24. The van der Waals surface area contributed by atoms with E-state index in [1.54, 1.807) is 36.6 Å². The minimum atomic E-state index is -0.721. The Kier molecular flexibility index (Phi) is 4.20. The number of carbonyl (C=O) groups is 1. The number of hydrazone groups is 1. The molecule has 0 aliphatic carbocycles. The Morgan fingerprint density at radius 3 is 2.91 bits per heavy atom. The van der Waals surface area contributed by atoms with Gasteiger partial charge in [0.25, 0.3) is 5.91 Å². The van der Waals surface area contributed by atoms with Gasteiger partial charge in [-0.1, -0.05) is 12.1 Å². The van der Waals surface area contributed by atoms with Crippen molar-refractivity contribution in [2.24, 2.45) is 5.10 Å². The molecule has 22 heavy (non-hydrogen) atoms. The van der Waals surface area contributed by atoms with Crippen LogP contribution < -0.4 is 14.9 Å². The van der Waals surface area contributed by atoms with Gasteiger partial charge in [-0.25, -0.2) is 5.43 Å². The fraction of sp³-hybridized carbons (Fsp3) is 0.125. The average Bonchev–Trinajstić information content (AvgIpc) is 3.07. The molecule has 1 N–H and O–H groups in total. The zero-order valence-corrected chi connectivity index (χ0v) is 11.6. The fourth-order valence-corrected chi connectivity index (χ4v) is 1.89. The van der Waals surface area contributed by atoms with Crippen LogP contribution in [0.25, 0.3) is 6.08 Å². The van der Waals surface area contributed by atoms with E-state index in [9.17, 15) is 4.79 Å². The minimum Gasteiger partial charge on any atom is -0.485 e. The molecule has 0 bridgehead atoms. The first-order chi connectivity index (χ1) is 10.8. The first kappa shape index (κ1) is 13.9. The highest BCUT2D eigenvalue weighted by Crippen LogP contribution is 2.30. The largest absolute Gasteiger partial charge is 0.485 e. The molecule has 6 nitrogen and oxygen atoms in total. The number of hydrogen-bond acceptors (Lipinski definition) is 5. The van der Waals surface area contributed by atoms with E-state index < -0.39 is 6.10 Å². The van der Waals surface area contributed by atoms with Gasteiger partial charge < -0.3 is 13.9 Å². The summed E-state index contributed by atoms with van der Waals surface area (Å²) in [5, 5.41) is 3.81. The summed E-state index contributed by atoms with van der Waals surface area (Å²) >= 11 is 0. The zero-order chi connectivity index (χ0) is 15.2. The van der Waals surface area contributed by atoms with Crippen LogP contribution in [-0.2, 0) is 4.79 Å². The summed E-state index contributed by atoms with van der Waals surface area (Å²) in [4.78, 5) is 11.9. The van der Waals surface area contributed by atoms with Crippen molar-refractivity contribution in [1.82, 2.24) is 5.43 Å². The monoisotopic (exact) mass is 298 g/mol. The Bertz CT molecular complexity index is 692. The molecule has 112 valence electrons. The predicted molar refractivity (Wildman–Crippen MR) is 80.7 cm³/mol. The van der Waals surface area contributed by atoms with E-state index in [0.29, 0.717) is 17.3 Å². The van der Waals surface area contributed by atoms with E-state index in [0.717, 1.165) is 0 Å². The molecule has 1 aromatic heterocycles. The third-order valence-corrected chi connectivity index (χ3v) is 2.94. The van der Waals surface area contributed by atoms with Gasteiger partial charge in [-0.15, -0.1) is 0 Å². The Morgan fingerprint density at radius 1 is 1.23 bits per heavy atom. The summed E-state index contributed by atoms with van der Waals surface area (Å²) < 4.78 is 16.2. The van der Waals surface area contributed by atoms with Crippen molar-refractivity contribution in [2.45, 2.75) is 6.10 Å². The van der Waals surface area contributed by atoms with Crippen molar-refractivity contribution < 1.29 is 18.7 Å². The third kappa shape index (κ3) is 3.35. The first-order valence-corrected chi connectivity index (χ1v) is 6.74. The molecule has 2 aromatic rings. The summed E-state index contributed by atoms with van der Waals surface area (Å²) in [7, 11) is 0. The molecule has 2 heterocycles. The summed E-state index contributed by atoms with van der Waals surface area (Å²) in [5.74, 6) is 1.53. The minimum absolute atomic E-state index is 0.153. The first-order valence-electron chi connectivity index (χ1n) is 6.74. The van der Waals surface area contributed by atoms with Crippen LogP contribution in [0, 0.1) is 0 Å². The highest BCUT2D eigenvalue weighted by atomic mass is 16.6. The molecule has 1 aliphatic heterocycles. The topological polar surface area (TPSA) is 73.1 Å². The van der Waals surface area contributed by atoms with Crippen LogP contribution in [0.4, 0.5) is 0 Å². The summed E-state index contributed by atoms with van der Waals surface area (Å²) in [6.45, 7) is 0.153. The quantitative estimate of drug-likeness (QED) is 0.694. The lowest BCUT2D eigenvalue weighted by Crippen LogP contribution is -2.42. The van der Waals surface area contributed by atoms with Gasteiger partial charge in [0.05, 0.1) is 6.26 Å². The SMILES string of the molecule is O=C(N/N=C\C=C\c1ccco1)[C@H]1COc2ccccc2O1. The number of fused-ring (bicyclic) bond motifs is 1. The summed E-state index contributed by atoms with van der Waals surface area (Å²) in [5.41, 5.74) is 2.41. The van der Waals surface area contributed by atoms with E-state index in [2.05, 4.69) is 10.5 Å². The van der Waals surface area contributed by atoms with Crippen LogP contribution in [0.1, 0.15) is 5.76 Å². The van der Waals surface area contributed by atoms with Gasteiger partial charge in [0.15, 0.2) is 11.5 Å². The van der Waals surface area contributed by atoms with Crippen molar-refractivity contribution in [2.75, 3.05) is 6.61 Å². The molecule has 3 rings (SSSR count). The van der Waals surface area contributed by atoms with E-state index in [1.807, 2.05) is 18.2 Å². The van der Waals surface area contributed by atoms with Gasteiger partial charge in [-0.3, -0.25) is 4.79 Å². The van der Waals surface area contributed by atoms with Crippen LogP contribution in [0.3, 0.4) is 0 Å². The van der Waals surface area contributed by atoms with Crippen LogP contribution >= 0.6 is 0 Å². The predicted octanol–water partition coefficient (Wildman–Crippen LogP) is 2.23. The molecule has 0 radical (unpaired) electrons. The van der Waals surface area contributed by atoms with Crippen molar-refractivity contribution in [3.63, 3.8) is 0 Å². The Morgan fingerprint density at radius 2 is 2.09 bits per heavy atom. The van der Waals surface area contributed by atoms with Gasteiger partial charge in [0.2, 0.25) is 6.10 Å². The van der Waals surface area contributed by atoms with E-state index in [1.165, 1.54) is 6.21 Å². The number of ether oxygens (including phenoxy) is 2. The Balaban J connectivity index is 1.50. The molecule has 0 unspecified atom stereocenters. The second kappa shape index (κ2) is 6.62. The number of nitrogens with zero attached hydrogens (tertiary/aromatic N) is 1. The maximum atomic E-state index is 11.9. The van der Waals surface area contributed by atoms with Gasteiger partial charge in [0, 0.05) is 6.21 Å². The molecule has 0 saturated heterocycles. The summed E-state index contributed by atoms with van der Waals surface area (Å²) in [6.07, 6.45) is 5.70. The lowest BCUT2D eigenvalue weighted by molar-refractivity contribution is -0.130. The number of amides is 1. The number of nitrogens with one attached hydrogen (secondary N) is 1. The van der Waals surface area contributed by atoms with E-state index in [-0.39, 0.29) is 12.5 Å². The zero-order valence-electron chi connectivity index (χ0n) is 11.6. The lowest BCUT2D eigenvalue weighted by atomic mass is 10.2. The highest BCUT2D eigenvalue weighted by Gasteiger charge is 2.26. The number of para-hydroxylation sites is 2. The van der Waals surface area contributed by atoms with Crippen molar-refractivity contribution >= 4 is 18.2 Å². The molecule has 0 fully saturated rings. The average molecular weight is 298 g/mol. The highest BCUT2D eigenvalue weighted by molar-refractivity contribution is 5.84. The second-order valence-electron chi connectivity index (χ2n) is 4.49. The normalized spacial score (nSPS) is 17.0. The molecular formula is C16H14N2O4. The maximum absolute atomic E-state index is 11.9. The second-order valence-corrected chi connectivity index (χ2v) is 4.49. The van der Waals surface area contributed by atoms with Crippen LogP contribution in [0.2, 0.25) is 0 Å². The molecule has 6 heteroatoms. The molecule has 1 atom stereocenters. The van der Waals surface area contributed by atoms with Crippen LogP contribution in [0.5, 0.6) is 11.5 Å². The third-order valence-electron chi connectivity index (χ3n) is 2.94. The van der Waals surface area contributed by atoms with Gasteiger partial charge >= 0.3 is 0 Å². The van der Waals surface area contributed by atoms with Crippen molar-refractivity contribution in [1.29, 1.82) is 0 Å². The number of hydrogen-bond donors (Lipinski definition) is 1. The smallest absolute Gasteiger partial charge is 0.284 e. The van der Waals surface area contributed by atoms with Crippen molar-refractivity contribution in [3.05, 3.63) is 54.5 Å². The molecule has 1 amide bonds. The molecular weight excluding hydrogens is 284 g/mol. The molecule has 1 aliphatic rings. The van der Waals surface area contributed by atoms with E-state index >= 15 is 0 Å². The molecule has 0 saturated carbocycles. The van der Waals surface area contributed by atoms with Crippen LogP contribution in [-0.4, -0.2) is 24.8 Å². The Labute approximate surface area is 127 Å². The number of rotatable bonds is 4. The van der Waals surface area contributed by atoms with Gasteiger partial charge in [-0.2, -0.15) is 5.10 Å². The number of carbonyl (C=O) groups excluding carboxylic acids is 1. The van der Waals surface area contributed by atoms with Gasteiger partial charge in [-0.05, 0) is 36.4 Å². The number of benzene rings is 1. The van der Waals surface area contributed by atoms with Crippen molar-refractivity contribution in [3.8, 4) is 11.5 Å². The number of allylic oxidation sites excluding steroid dienone is 1. The summed E-state index contributed by atoms with van der Waals surface area (Å²) in [6, 6.07) is 10.8. The molecule has 0 spiro atoms. The molecule has 1 aromatic carbocycles. The van der Waals surface area contributed by atoms with E-state index in [4.69, 9.17) is 13.9 Å². The van der Waals surface area contributed by atoms with Gasteiger partial charge in [0.1, 0.15) is 12.4 Å². The number of furan rings is 1. The maximum Gasteiger partial charge on any atom is 0.284 e. The fourth-order valence-electron chi connectivity index (χ4n) is 1.89. The van der Waals surface area contributed by atoms with Crippen LogP contribution in [0.15, 0.2) is 58.3 Å². The Hall–Kier alpha value is -3.02. The standard InChI is InChI=1S/C16H14N2O4/c19-16(18-17-9-3-5-12-6-4-10-20-12)15-11-21-13-7-1-2-8-14(13)22-15/h1-10,15H,11H2,(H,18,19)/b5-3+,17-9-/t15-/m1/s1.